The third kappa shape index (κ3) is 5.27. The fraction of sp³-hybridized carbons (Fsp3) is 0.462. The zero-order valence-electron chi connectivity index (χ0n) is 18.3. The molecule has 1 aliphatic carbocycles. The number of ether oxygens (including phenoxy) is 1. The van der Waals surface area contributed by atoms with E-state index in [0.717, 1.165) is 49.1 Å². The summed E-state index contributed by atoms with van der Waals surface area (Å²) in [5, 5.41) is 3.21. The third-order valence-corrected chi connectivity index (χ3v) is 6.61. The molecule has 2 fully saturated rings. The van der Waals surface area contributed by atoms with Crippen LogP contribution in [0.4, 0.5) is 0 Å². The molecule has 5 heteroatoms. The SMILES string of the molecule is COc1ccc(C(=O)N2CCC[C@H](c3cccc(C(=O)NC4CCCCC4)c3)C2)cc1. The van der Waals surface area contributed by atoms with Crippen LogP contribution in [-0.2, 0) is 0 Å². The van der Waals surface area contributed by atoms with Gasteiger partial charge in [0.1, 0.15) is 5.75 Å². The molecule has 31 heavy (non-hydrogen) atoms. The van der Waals surface area contributed by atoms with Crippen LogP contribution in [0.2, 0.25) is 0 Å². The lowest BCUT2D eigenvalue weighted by Crippen LogP contribution is -2.39. The maximum atomic E-state index is 13.0. The molecule has 2 aromatic rings. The number of nitrogens with one attached hydrogen (secondary N) is 1. The molecule has 2 aliphatic rings. The van der Waals surface area contributed by atoms with Gasteiger partial charge in [-0.3, -0.25) is 9.59 Å². The first-order chi connectivity index (χ1) is 15.1. The lowest BCUT2D eigenvalue weighted by molar-refractivity contribution is 0.0706. The van der Waals surface area contributed by atoms with Gasteiger partial charge in [0.15, 0.2) is 0 Å². The molecule has 1 atom stereocenters. The van der Waals surface area contributed by atoms with Crippen molar-refractivity contribution < 1.29 is 14.3 Å². The van der Waals surface area contributed by atoms with E-state index in [1.165, 1.54) is 19.3 Å². The number of hydrogen-bond acceptors (Lipinski definition) is 3. The standard InChI is InChI=1S/C26H32N2O3/c1-31-24-14-12-19(13-15-24)26(30)28-16-6-9-22(18-28)20-7-5-8-21(17-20)25(29)27-23-10-3-2-4-11-23/h5,7-8,12-15,17,22-23H,2-4,6,9-11,16,18H2,1H3,(H,27,29)/t22-/m0/s1. The Morgan fingerprint density at radius 1 is 0.935 bits per heavy atom. The summed E-state index contributed by atoms with van der Waals surface area (Å²) in [5.74, 6) is 1.07. The Hall–Kier alpha value is -2.82. The van der Waals surface area contributed by atoms with Crippen molar-refractivity contribution in [3.8, 4) is 5.75 Å². The molecule has 0 aromatic heterocycles. The Morgan fingerprint density at radius 2 is 1.71 bits per heavy atom. The van der Waals surface area contributed by atoms with Crippen molar-refractivity contribution in [3.05, 3.63) is 65.2 Å². The highest BCUT2D eigenvalue weighted by Gasteiger charge is 2.26. The van der Waals surface area contributed by atoms with E-state index < -0.39 is 0 Å². The van der Waals surface area contributed by atoms with E-state index >= 15 is 0 Å². The van der Waals surface area contributed by atoms with E-state index in [4.69, 9.17) is 4.74 Å². The van der Waals surface area contributed by atoms with Gasteiger partial charge < -0.3 is 15.0 Å². The topological polar surface area (TPSA) is 58.6 Å². The van der Waals surface area contributed by atoms with Crippen LogP contribution >= 0.6 is 0 Å². The van der Waals surface area contributed by atoms with Gasteiger partial charge >= 0.3 is 0 Å². The van der Waals surface area contributed by atoms with Gasteiger partial charge in [0.25, 0.3) is 11.8 Å². The quantitative estimate of drug-likeness (QED) is 0.757. The molecule has 1 saturated carbocycles. The van der Waals surface area contributed by atoms with Gasteiger partial charge in [-0.25, -0.2) is 0 Å². The fourth-order valence-electron chi connectivity index (χ4n) is 4.80. The molecule has 4 rings (SSSR count). The number of hydrogen-bond donors (Lipinski definition) is 1. The zero-order valence-corrected chi connectivity index (χ0v) is 18.3. The molecule has 164 valence electrons. The van der Waals surface area contributed by atoms with Crippen LogP contribution in [0.15, 0.2) is 48.5 Å². The average Bonchev–Trinajstić information content (AvgIpc) is 2.84. The Balaban J connectivity index is 1.42. The smallest absolute Gasteiger partial charge is 0.253 e. The first-order valence-corrected chi connectivity index (χ1v) is 11.5. The fourth-order valence-corrected chi connectivity index (χ4v) is 4.80. The first kappa shape index (κ1) is 21.4. The maximum absolute atomic E-state index is 13.0. The second-order valence-electron chi connectivity index (χ2n) is 8.75. The number of piperidine rings is 1. The summed E-state index contributed by atoms with van der Waals surface area (Å²) in [6.07, 6.45) is 7.82. The predicted molar refractivity (Wildman–Crippen MR) is 122 cm³/mol. The lowest BCUT2D eigenvalue weighted by Gasteiger charge is -2.33. The van der Waals surface area contributed by atoms with Crippen LogP contribution in [-0.4, -0.2) is 43.0 Å². The molecule has 1 aliphatic heterocycles. The Bertz CT molecular complexity index is 903. The van der Waals surface area contributed by atoms with Crippen LogP contribution in [0.1, 0.15) is 77.1 Å². The van der Waals surface area contributed by atoms with Gasteiger partial charge in [-0.2, -0.15) is 0 Å². The van der Waals surface area contributed by atoms with Gasteiger partial charge in [-0.15, -0.1) is 0 Å². The summed E-state index contributed by atoms with van der Waals surface area (Å²) in [6.45, 7) is 1.45. The number of nitrogens with zero attached hydrogens (tertiary/aromatic N) is 1. The number of carbonyl (C=O) groups excluding carboxylic acids is 2. The van der Waals surface area contributed by atoms with Crippen molar-refractivity contribution in [2.24, 2.45) is 0 Å². The molecule has 0 radical (unpaired) electrons. The van der Waals surface area contributed by atoms with Crippen LogP contribution in [0.5, 0.6) is 5.75 Å². The molecule has 1 N–H and O–H groups in total. The van der Waals surface area contributed by atoms with Crippen molar-refractivity contribution in [2.45, 2.75) is 56.9 Å². The van der Waals surface area contributed by atoms with Crippen molar-refractivity contribution in [1.29, 1.82) is 0 Å². The van der Waals surface area contributed by atoms with Gasteiger partial charge in [0, 0.05) is 36.2 Å². The molecule has 1 saturated heterocycles. The first-order valence-electron chi connectivity index (χ1n) is 11.5. The third-order valence-electron chi connectivity index (χ3n) is 6.61. The van der Waals surface area contributed by atoms with Crippen LogP contribution < -0.4 is 10.1 Å². The van der Waals surface area contributed by atoms with Gasteiger partial charge in [-0.05, 0) is 67.6 Å². The highest BCUT2D eigenvalue weighted by atomic mass is 16.5. The van der Waals surface area contributed by atoms with Crippen molar-refractivity contribution in [1.82, 2.24) is 10.2 Å². The average molecular weight is 421 g/mol. The van der Waals surface area contributed by atoms with E-state index in [0.29, 0.717) is 18.2 Å². The van der Waals surface area contributed by atoms with Gasteiger partial charge in [0.05, 0.1) is 7.11 Å². The number of benzene rings is 2. The molecule has 5 nitrogen and oxygen atoms in total. The number of rotatable bonds is 5. The van der Waals surface area contributed by atoms with E-state index in [1.54, 1.807) is 7.11 Å². The summed E-state index contributed by atoms with van der Waals surface area (Å²) >= 11 is 0. The molecule has 0 bridgehead atoms. The molecule has 1 heterocycles. The molecule has 0 unspecified atom stereocenters. The monoisotopic (exact) mass is 420 g/mol. The van der Waals surface area contributed by atoms with Crippen molar-refractivity contribution >= 4 is 11.8 Å². The number of amides is 2. The van der Waals surface area contributed by atoms with Crippen LogP contribution in [0.3, 0.4) is 0 Å². The normalized spacial score (nSPS) is 19.6. The van der Waals surface area contributed by atoms with Gasteiger partial charge in [0.2, 0.25) is 0 Å². The molecular formula is C26H32N2O3. The summed E-state index contributed by atoms with van der Waals surface area (Å²) in [7, 11) is 1.62. The minimum atomic E-state index is 0.0238. The second kappa shape index (κ2) is 9.99. The minimum Gasteiger partial charge on any atom is -0.497 e. The predicted octanol–water partition coefficient (Wildman–Crippen LogP) is 4.78. The second-order valence-corrected chi connectivity index (χ2v) is 8.75. The Labute approximate surface area is 184 Å². The zero-order chi connectivity index (χ0) is 21.6. The summed E-state index contributed by atoms with van der Waals surface area (Å²) in [4.78, 5) is 27.7. The highest BCUT2D eigenvalue weighted by Crippen LogP contribution is 2.29. The van der Waals surface area contributed by atoms with Crippen molar-refractivity contribution in [2.75, 3.05) is 20.2 Å². The summed E-state index contributed by atoms with van der Waals surface area (Å²) in [6, 6.07) is 15.6. The van der Waals surface area contributed by atoms with E-state index in [1.807, 2.05) is 47.4 Å². The Morgan fingerprint density at radius 3 is 2.45 bits per heavy atom. The highest BCUT2D eigenvalue weighted by molar-refractivity contribution is 5.95. The number of carbonyl (C=O) groups is 2. The lowest BCUT2D eigenvalue weighted by atomic mass is 9.89. The molecular weight excluding hydrogens is 388 g/mol. The van der Waals surface area contributed by atoms with Crippen LogP contribution in [0, 0.1) is 0 Å². The summed E-state index contributed by atoms with van der Waals surface area (Å²) < 4.78 is 5.19. The Kier molecular flexibility index (Phi) is 6.90. The van der Waals surface area contributed by atoms with E-state index in [-0.39, 0.29) is 17.7 Å². The molecule has 2 amide bonds. The molecule has 2 aromatic carbocycles. The largest absolute Gasteiger partial charge is 0.497 e. The van der Waals surface area contributed by atoms with Gasteiger partial charge in [-0.1, -0.05) is 31.4 Å². The molecule has 0 spiro atoms. The van der Waals surface area contributed by atoms with E-state index in [2.05, 4.69) is 11.4 Å². The number of likely N-dealkylation sites (tertiary alicyclic amines) is 1. The van der Waals surface area contributed by atoms with E-state index in [9.17, 15) is 9.59 Å². The number of methoxy groups -OCH3 is 1. The van der Waals surface area contributed by atoms with Crippen LogP contribution in [0.25, 0.3) is 0 Å². The van der Waals surface area contributed by atoms with Crippen molar-refractivity contribution in [3.63, 3.8) is 0 Å². The maximum Gasteiger partial charge on any atom is 0.253 e. The summed E-state index contributed by atoms with van der Waals surface area (Å²) in [5.41, 5.74) is 2.55. The minimum absolute atomic E-state index is 0.0238.